The first-order valence-electron chi connectivity index (χ1n) is 11.5. The highest BCUT2D eigenvalue weighted by atomic mass is 16.5. The topological polar surface area (TPSA) is 42.0 Å². The molecule has 2 aromatic rings. The van der Waals surface area contributed by atoms with Crippen molar-refractivity contribution < 1.29 is 14.3 Å². The molecule has 1 amide bonds. The minimum absolute atomic E-state index is 0.218. The lowest BCUT2D eigenvalue weighted by Crippen LogP contribution is -2.48. The van der Waals surface area contributed by atoms with Gasteiger partial charge in [0.05, 0.1) is 14.2 Å². The SMILES string of the molecule is COc1ccc(OC)c2c1CCN(CC1CC3CCC(C1)N3C(=O)c1ccccc1)C2. The second-order valence-corrected chi connectivity index (χ2v) is 9.21. The molecule has 31 heavy (non-hydrogen) atoms. The Bertz CT molecular complexity index is 931. The number of hydrogen-bond donors (Lipinski definition) is 0. The van der Waals surface area contributed by atoms with Crippen LogP contribution in [0.3, 0.4) is 0 Å². The fourth-order valence-electron chi connectivity index (χ4n) is 6.07. The molecular weight excluding hydrogens is 388 g/mol. The highest BCUT2D eigenvalue weighted by molar-refractivity contribution is 5.94. The number of amides is 1. The number of hydrogen-bond acceptors (Lipinski definition) is 4. The van der Waals surface area contributed by atoms with Gasteiger partial charge in [-0.25, -0.2) is 0 Å². The van der Waals surface area contributed by atoms with Crippen LogP contribution in [0.25, 0.3) is 0 Å². The number of fused-ring (bicyclic) bond motifs is 3. The minimum atomic E-state index is 0.218. The van der Waals surface area contributed by atoms with Crippen LogP contribution in [0.1, 0.15) is 47.2 Å². The van der Waals surface area contributed by atoms with Gasteiger partial charge in [0.2, 0.25) is 0 Å². The molecular formula is C26H32N2O3. The van der Waals surface area contributed by atoms with Gasteiger partial charge in [-0.15, -0.1) is 0 Å². The van der Waals surface area contributed by atoms with Gasteiger partial charge in [-0.2, -0.15) is 0 Å². The standard InChI is InChI=1S/C26H32N2O3/c1-30-24-10-11-25(31-2)23-17-27(13-12-22(23)24)16-18-14-20-8-9-21(15-18)28(20)26(29)19-6-4-3-5-7-19/h3-7,10-11,18,20-21H,8-9,12-17H2,1-2H3. The van der Waals surface area contributed by atoms with Crippen LogP contribution in [0.2, 0.25) is 0 Å². The monoisotopic (exact) mass is 420 g/mol. The van der Waals surface area contributed by atoms with E-state index in [0.717, 1.165) is 68.8 Å². The van der Waals surface area contributed by atoms with Crippen molar-refractivity contribution in [3.8, 4) is 11.5 Å². The summed E-state index contributed by atoms with van der Waals surface area (Å²) >= 11 is 0. The Kier molecular flexibility index (Phi) is 5.61. The minimum Gasteiger partial charge on any atom is -0.496 e. The summed E-state index contributed by atoms with van der Waals surface area (Å²) in [5.74, 6) is 2.80. The van der Waals surface area contributed by atoms with Crippen molar-refractivity contribution in [2.75, 3.05) is 27.3 Å². The summed E-state index contributed by atoms with van der Waals surface area (Å²) in [6.07, 6.45) is 5.52. The first-order chi connectivity index (χ1) is 15.2. The van der Waals surface area contributed by atoms with Crippen LogP contribution in [0.5, 0.6) is 11.5 Å². The molecule has 0 aromatic heterocycles. The van der Waals surface area contributed by atoms with Crippen LogP contribution < -0.4 is 9.47 Å². The van der Waals surface area contributed by atoms with Crippen molar-refractivity contribution in [1.82, 2.24) is 9.80 Å². The maximum absolute atomic E-state index is 13.1. The van der Waals surface area contributed by atoms with Crippen molar-refractivity contribution in [2.24, 2.45) is 5.92 Å². The zero-order chi connectivity index (χ0) is 21.4. The van der Waals surface area contributed by atoms with E-state index in [-0.39, 0.29) is 5.91 Å². The van der Waals surface area contributed by atoms with Gasteiger partial charge in [0.1, 0.15) is 11.5 Å². The Hall–Kier alpha value is -2.53. The Morgan fingerprint density at radius 2 is 1.58 bits per heavy atom. The molecule has 0 N–H and O–H groups in total. The first kappa shape index (κ1) is 20.4. The molecule has 2 atom stereocenters. The third kappa shape index (κ3) is 3.80. The number of piperidine rings is 1. The molecule has 5 heteroatoms. The molecule has 2 unspecified atom stereocenters. The zero-order valence-corrected chi connectivity index (χ0v) is 18.5. The molecule has 3 heterocycles. The zero-order valence-electron chi connectivity index (χ0n) is 18.5. The second kappa shape index (κ2) is 8.54. The number of carbonyl (C=O) groups excluding carboxylic acids is 1. The van der Waals surface area contributed by atoms with Crippen molar-refractivity contribution in [3.63, 3.8) is 0 Å². The van der Waals surface area contributed by atoms with Gasteiger partial charge in [-0.1, -0.05) is 18.2 Å². The summed E-state index contributed by atoms with van der Waals surface area (Å²) in [4.78, 5) is 17.9. The molecule has 3 aliphatic rings. The molecule has 0 aliphatic carbocycles. The lowest BCUT2D eigenvalue weighted by Gasteiger charge is -2.41. The van der Waals surface area contributed by atoms with Crippen LogP contribution in [0.15, 0.2) is 42.5 Å². The van der Waals surface area contributed by atoms with Gasteiger partial charge >= 0.3 is 0 Å². The van der Waals surface area contributed by atoms with E-state index in [2.05, 4.69) is 9.80 Å². The van der Waals surface area contributed by atoms with E-state index < -0.39 is 0 Å². The van der Waals surface area contributed by atoms with Crippen molar-refractivity contribution >= 4 is 5.91 Å². The molecule has 0 radical (unpaired) electrons. The molecule has 2 aromatic carbocycles. The maximum Gasteiger partial charge on any atom is 0.254 e. The van der Waals surface area contributed by atoms with Gasteiger partial charge in [0.25, 0.3) is 5.91 Å². The maximum atomic E-state index is 13.1. The molecule has 0 saturated carbocycles. The van der Waals surface area contributed by atoms with Crippen LogP contribution in [-0.2, 0) is 13.0 Å². The average Bonchev–Trinajstić information content (AvgIpc) is 3.08. The van der Waals surface area contributed by atoms with E-state index in [1.54, 1.807) is 14.2 Å². The average molecular weight is 421 g/mol. The molecule has 5 rings (SSSR count). The van der Waals surface area contributed by atoms with Gasteiger partial charge in [-0.3, -0.25) is 9.69 Å². The van der Waals surface area contributed by atoms with Crippen molar-refractivity contribution in [2.45, 2.75) is 50.7 Å². The summed E-state index contributed by atoms with van der Waals surface area (Å²) in [7, 11) is 3.49. The third-order valence-corrected chi connectivity index (χ3v) is 7.45. The van der Waals surface area contributed by atoms with E-state index in [1.165, 1.54) is 11.1 Å². The quantitative estimate of drug-likeness (QED) is 0.729. The third-order valence-electron chi connectivity index (χ3n) is 7.45. The number of rotatable bonds is 5. The molecule has 164 valence electrons. The van der Waals surface area contributed by atoms with E-state index in [0.29, 0.717) is 18.0 Å². The lowest BCUT2D eigenvalue weighted by molar-refractivity contribution is 0.0474. The summed E-state index contributed by atoms with van der Waals surface area (Å²) < 4.78 is 11.2. The molecule has 0 spiro atoms. The van der Waals surface area contributed by atoms with Crippen LogP contribution >= 0.6 is 0 Å². The number of ether oxygens (including phenoxy) is 2. The smallest absolute Gasteiger partial charge is 0.254 e. The lowest BCUT2D eigenvalue weighted by atomic mass is 9.88. The normalized spacial score (nSPS) is 25.2. The number of methoxy groups -OCH3 is 2. The van der Waals surface area contributed by atoms with Gasteiger partial charge < -0.3 is 14.4 Å². The summed E-state index contributed by atoms with van der Waals surface area (Å²) in [6, 6.07) is 14.6. The molecule has 2 bridgehead atoms. The summed E-state index contributed by atoms with van der Waals surface area (Å²) in [5.41, 5.74) is 3.39. The predicted octanol–water partition coefficient (Wildman–Crippen LogP) is 4.15. The molecule has 2 fully saturated rings. The first-order valence-corrected chi connectivity index (χ1v) is 11.5. The fraction of sp³-hybridized carbons (Fsp3) is 0.500. The van der Waals surface area contributed by atoms with Crippen LogP contribution in [-0.4, -0.2) is 55.1 Å². The van der Waals surface area contributed by atoms with Crippen molar-refractivity contribution in [1.29, 1.82) is 0 Å². The van der Waals surface area contributed by atoms with Crippen LogP contribution in [0.4, 0.5) is 0 Å². The molecule has 5 nitrogen and oxygen atoms in total. The van der Waals surface area contributed by atoms with E-state index >= 15 is 0 Å². The van der Waals surface area contributed by atoms with Gasteiger partial charge in [-0.05, 0) is 62.3 Å². The Morgan fingerprint density at radius 3 is 2.23 bits per heavy atom. The van der Waals surface area contributed by atoms with Gasteiger partial charge in [0.15, 0.2) is 0 Å². The predicted molar refractivity (Wildman–Crippen MR) is 121 cm³/mol. The van der Waals surface area contributed by atoms with Crippen molar-refractivity contribution in [3.05, 3.63) is 59.2 Å². The Labute approximate surface area is 184 Å². The van der Waals surface area contributed by atoms with E-state index in [1.807, 2.05) is 42.5 Å². The second-order valence-electron chi connectivity index (χ2n) is 9.21. The fourth-order valence-corrected chi connectivity index (χ4v) is 6.07. The highest BCUT2D eigenvalue weighted by Gasteiger charge is 2.43. The molecule has 2 saturated heterocycles. The van der Waals surface area contributed by atoms with E-state index in [9.17, 15) is 4.79 Å². The van der Waals surface area contributed by atoms with Crippen LogP contribution in [0, 0.1) is 5.92 Å². The summed E-state index contributed by atoms with van der Waals surface area (Å²) in [5, 5.41) is 0. The largest absolute Gasteiger partial charge is 0.496 e. The Morgan fingerprint density at radius 1 is 0.935 bits per heavy atom. The van der Waals surface area contributed by atoms with E-state index in [4.69, 9.17) is 9.47 Å². The van der Waals surface area contributed by atoms with Gasteiger partial charge in [0, 0.05) is 48.4 Å². The highest BCUT2D eigenvalue weighted by Crippen LogP contribution is 2.41. The number of benzene rings is 2. The molecule has 3 aliphatic heterocycles. The number of carbonyl (C=O) groups is 1. The Balaban J connectivity index is 1.26. The summed E-state index contributed by atoms with van der Waals surface area (Å²) in [6.45, 7) is 3.06. The number of nitrogens with zero attached hydrogens (tertiary/aromatic N) is 2.